The molecule has 0 aromatic heterocycles. The maximum absolute atomic E-state index is 10.8. The van der Waals surface area contributed by atoms with Gasteiger partial charge in [-0.3, -0.25) is 10.1 Å². The van der Waals surface area contributed by atoms with Crippen molar-refractivity contribution in [3.8, 4) is 0 Å². The Morgan fingerprint density at radius 3 is 2.81 bits per heavy atom. The highest BCUT2D eigenvalue weighted by Crippen LogP contribution is 2.37. The molecule has 4 nitrogen and oxygen atoms in total. The van der Waals surface area contributed by atoms with Crippen molar-refractivity contribution in [3.63, 3.8) is 0 Å². The monoisotopic (exact) mass is 220 g/mol. The summed E-state index contributed by atoms with van der Waals surface area (Å²) in [5.74, 6) is 1.54. The number of hydrogen-bond acceptors (Lipinski definition) is 3. The van der Waals surface area contributed by atoms with Gasteiger partial charge in [0, 0.05) is 23.9 Å². The molecule has 1 saturated carbocycles. The van der Waals surface area contributed by atoms with Gasteiger partial charge in [-0.25, -0.2) is 0 Å². The molecule has 1 aromatic carbocycles. The van der Waals surface area contributed by atoms with Crippen molar-refractivity contribution in [2.45, 2.75) is 20.3 Å². The van der Waals surface area contributed by atoms with Crippen LogP contribution in [0, 0.1) is 28.9 Å². The third-order valence-corrected chi connectivity index (χ3v) is 3.25. The second-order valence-electron chi connectivity index (χ2n) is 4.61. The van der Waals surface area contributed by atoms with E-state index in [9.17, 15) is 10.1 Å². The lowest BCUT2D eigenvalue weighted by molar-refractivity contribution is -0.385. The molecular formula is C12H16N2O2. The Kier molecular flexibility index (Phi) is 2.81. The van der Waals surface area contributed by atoms with E-state index in [4.69, 9.17) is 0 Å². The minimum atomic E-state index is -0.333. The highest BCUT2D eigenvalue weighted by Gasteiger charge is 2.31. The molecule has 0 bridgehead atoms. The van der Waals surface area contributed by atoms with Crippen molar-refractivity contribution < 1.29 is 4.92 Å². The van der Waals surface area contributed by atoms with E-state index in [0.717, 1.165) is 24.1 Å². The van der Waals surface area contributed by atoms with Crippen LogP contribution in [-0.2, 0) is 0 Å². The van der Waals surface area contributed by atoms with Crippen LogP contribution in [-0.4, -0.2) is 11.5 Å². The van der Waals surface area contributed by atoms with E-state index in [-0.39, 0.29) is 10.6 Å². The Hall–Kier alpha value is -1.58. The summed E-state index contributed by atoms with van der Waals surface area (Å²) in [6.07, 6.45) is 1.26. The zero-order valence-corrected chi connectivity index (χ0v) is 9.56. The van der Waals surface area contributed by atoms with Gasteiger partial charge < -0.3 is 5.32 Å². The molecule has 0 radical (unpaired) electrons. The van der Waals surface area contributed by atoms with E-state index < -0.39 is 0 Å². The summed E-state index contributed by atoms with van der Waals surface area (Å²) in [6, 6.07) is 5.30. The van der Waals surface area contributed by atoms with Gasteiger partial charge in [-0.1, -0.05) is 13.0 Å². The molecule has 0 heterocycles. The van der Waals surface area contributed by atoms with E-state index >= 15 is 0 Å². The first-order valence-corrected chi connectivity index (χ1v) is 5.57. The first kappa shape index (κ1) is 10.9. The number of aryl methyl sites for hydroxylation is 1. The maximum atomic E-state index is 10.8. The predicted octanol–water partition coefficient (Wildman–Crippen LogP) is 2.97. The van der Waals surface area contributed by atoms with E-state index in [1.54, 1.807) is 19.1 Å². The number of benzene rings is 1. The van der Waals surface area contributed by atoms with Gasteiger partial charge in [0.2, 0.25) is 0 Å². The quantitative estimate of drug-likeness (QED) is 0.627. The van der Waals surface area contributed by atoms with Crippen LogP contribution in [0.5, 0.6) is 0 Å². The molecule has 1 aliphatic carbocycles. The third kappa shape index (κ3) is 2.32. The van der Waals surface area contributed by atoms with Crippen LogP contribution < -0.4 is 5.32 Å². The third-order valence-electron chi connectivity index (χ3n) is 3.25. The number of nitrogens with zero attached hydrogens (tertiary/aromatic N) is 1. The number of nitro benzene ring substituents is 1. The summed E-state index contributed by atoms with van der Waals surface area (Å²) in [7, 11) is 0. The summed E-state index contributed by atoms with van der Waals surface area (Å²) < 4.78 is 0. The van der Waals surface area contributed by atoms with Crippen molar-refractivity contribution in [1.29, 1.82) is 0 Å². The molecule has 1 aromatic rings. The molecule has 1 aliphatic rings. The average molecular weight is 220 g/mol. The van der Waals surface area contributed by atoms with Crippen molar-refractivity contribution in [3.05, 3.63) is 33.9 Å². The van der Waals surface area contributed by atoms with Crippen LogP contribution in [0.25, 0.3) is 0 Å². The van der Waals surface area contributed by atoms with Gasteiger partial charge in [-0.2, -0.15) is 0 Å². The molecule has 16 heavy (non-hydrogen) atoms. The van der Waals surface area contributed by atoms with Crippen LogP contribution in [0.2, 0.25) is 0 Å². The second-order valence-corrected chi connectivity index (χ2v) is 4.61. The number of nitrogens with one attached hydrogen (secondary N) is 1. The van der Waals surface area contributed by atoms with Crippen LogP contribution in [0.15, 0.2) is 18.2 Å². The summed E-state index contributed by atoms with van der Waals surface area (Å²) in [5, 5.41) is 14.0. The minimum Gasteiger partial charge on any atom is -0.385 e. The molecular weight excluding hydrogens is 204 g/mol. The van der Waals surface area contributed by atoms with Gasteiger partial charge in [0.15, 0.2) is 0 Å². The minimum absolute atomic E-state index is 0.189. The van der Waals surface area contributed by atoms with Gasteiger partial charge in [-0.05, 0) is 31.2 Å². The first-order valence-electron chi connectivity index (χ1n) is 5.57. The fourth-order valence-corrected chi connectivity index (χ4v) is 1.85. The summed E-state index contributed by atoms with van der Waals surface area (Å²) >= 11 is 0. The molecule has 0 aliphatic heterocycles. The van der Waals surface area contributed by atoms with E-state index in [1.165, 1.54) is 6.42 Å². The lowest BCUT2D eigenvalue weighted by Crippen LogP contribution is -2.05. The molecule has 1 fully saturated rings. The number of hydrogen-bond donors (Lipinski definition) is 1. The van der Waals surface area contributed by atoms with Crippen molar-refractivity contribution >= 4 is 11.4 Å². The fourth-order valence-electron chi connectivity index (χ4n) is 1.85. The van der Waals surface area contributed by atoms with E-state index in [2.05, 4.69) is 12.2 Å². The molecule has 2 atom stereocenters. The van der Waals surface area contributed by atoms with E-state index in [0.29, 0.717) is 5.56 Å². The van der Waals surface area contributed by atoms with Crippen LogP contribution >= 0.6 is 0 Å². The molecule has 2 unspecified atom stereocenters. The van der Waals surface area contributed by atoms with Gasteiger partial charge in [-0.15, -0.1) is 0 Å². The smallest absolute Gasteiger partial charge is 0.274 e. The largest absolute Gasteiger partial charge is 0.385 e. The zero-order chi connectivity index (χ0) is 11.7. The predicted molar refractivity (Wildman–Crippen MR) is 63.6 cm³/mol. The lowest BCUT2D eigenvalue weighted by Gasteiger charge is -2.06. The van der Waals surface area contributed by atoms with E-state index in [1.807, 2.05) is 6.07 Å². The molecule has 1 N–H and O–H groups in total. The van der Waals surface area contributed by atoms with Crippen LogP contribution in [0.3, 0.4) is 0 Å². The van der Waals surface area contributed by atoms with Gasteiger partial charge >= 0.3 is 0 Å². The number of anilines is 1. The highest BCUT2D eigenvalue weighted by atomic mass is 16.6. The summed E-state index contributed by atoms with van der Waals surface area (Å²) in [5.41, 5.74) is 1.74. The Labute approximate surface area is 94.8 Å². The second kappa shape index (κ2) is 4.12. The standard InChI is InChI=1S/C12H16N2O2/c1-8-3-4-11(6-12(8)14(15)16)13-7-10-5-9(10)2/h3-4,6,9-10,13H,5,7H2,1-2H3. The first-order chi connectivity index (χ1) is 7.58. The van der Waals surface area contributed by atoms with Gasteiger partial charge in [0.05, 0.1) is 4.92 Å². The van der Waals surface area contributed by atoms with Gasteiger partial charge in [0.25, 0.3) is 5.69 Å². The number of rotatable bonds is 4. The molecule has 4 heteroatoms. The normalized spacial score (nSPS) is 22.9. The average Bonchev–Trinajstić information content (AvgIpc) is 2.93. The SMILES string of the molecule is Cc1ccc(NCC2CC2C)cc1[N+](=O)[O-]. The molecule has 0 saturated heterocycles. The molecule has 0 spiro atoms. The fraction of sp³-hybridized carbons (Fsp3) is 0.500. The van der Waals surface area contributed by atoms with Crippen LogP contribution in [0.1, 0.15) is 18.9 Å². The molecule has 2 rings (SSSR count). The summed E-state index contributed by atoms with van der Waals surface area (Å²) in [4.78, 5) is 10.4. The zero-order valence-electron chi connectivity index (χ0n) is 9.56. The summed E-state index contributed by atoms with van der Waals surface area (Å²) in [6.45, 7) is 4.90. The Morgan fingerprint density at radius 1 is 1.56 bits per heavy atom. The maximum Gasteiger partial charge on any atom is 0.274 e. The van der Waals surface area contributed by atoms with Gasteiger partial charge in [0.1, 0.15) is 0 Å². The lowest BCUT2D eigenvalue weighted by atomic mass is 10.2. The van der Waals surface area contributed by atoms with Crippen molar-refractivity contribution in [2.75, 3.05) is 11.9 Å². The topological polar surface area (TPSA) is 55.2 Å². The molecule has 86 valence electrons. The van der Waals surface area contributed by atoms with Crippen LogP contribution in [0.4, 0.5) is 11.4 Å². The Balaban J connectivity index is 2.04. The Bertz CT molecular complexity index is 417. The van der Waals surface area contributed by atoms with Crippen molar-refractivity contribution in [2.24, 2.45) is 11.8 Å². The Morgan fingerprint density at radius 2 is 2.25 bits per heavy atom. The number of nitro groups is 1. The molecule has 0 amide bonds. The highest BCUT2D eigenvalue weighted by molar-refractivity contribution is 5.54. The van der Waals surface area contributed by atoms with Crippen molar-refractivity contribution in [1.82, 2.24) is 0 Å².